The second kappa shape index (κ2) is 7.46. The summed E-state index contributed by atoms with van der Waals surface area (Å²) in [6.07, 6.45) is 5.64. The van der Waals surface area contributed by atoms with Crippen LogP contribution in [0.15, 0.2) is 60.9 Å². The maximum Gasteiger partial charge on any atom is 0.318 e. The van der Waals surface area contributed by atoms with Crippen molar-refractivity contribution in [3.63, 3.8) is 0 Å². The van der Waals surface area contributed by atoms with Crippen LogP contribution in [0.4, 0.5) is 9.18 Å². The van der Waals surface area contributed by atoms with Crippen LogP contribution in [0.1, 0.15) is 11.1 Å². The first kappa shape index (κ1) is 15.8. The summed E-state index contributed by atoms with van der Waals surface area (Å²) in [6.45, 7) is 0.515. The zero-order chi connectivity index (χ0) is 16.8. The van der Waals surface area contributed by atoms with Crippen LogP contribution < -0.4 is 10.6 Å². The van der Waals surface area contributed by atoms with Crippen LogP contribution in [0.25, 0.3) is 17.0 Å². The average molecular weight is 323 g/mol. The molecule has 1 heterocycles. The third kappa shape index (κ3) is 3.81. The first-order chi connectivity index (χ1) is 11.7. The molecule has 3 aromatic rings. The number of nitrogens with one attached hydrogen (secondary N) is 3. The number of H-pyrrole nitrogens is 1. The van der Waals surface area contributed by atoms with E-state index in [-0.39, 0.29) is 11.8 Å². The molecule has 5 heteroatoms. The lowest BCUT2D eigenvalue weighted by Crippen LogP contribution is -2.33. The molecule has 0 aliphatic carbocycles. The number of aromatic amines is 1. The molecule has 0 atom stereocenters. The molecule has 0 saturated heterocycles. The van der Waals surface area contributed by atoms with Gasteiger partial charge in [0.25, 0.3) is 0 Å². The van der Waals surface area contributed by atoms with Gasteiger partial charge in [-0.2, -0.15) is 0 Å². The van der Waals surface area contributed by atoms with Gasteiger partial charge >= 0.3 is 6.03 Å². The summed E-state index contributed by atoms with van der Waals surface area (Å²) in [7, 11) is 0. The Bertz CT molecular complexity index is 870. The normalized spacial score (nSPS) is 11.0. The Balaban J connectivity index is 1.47. The molecule has 2 amide bonds. The highest BCUT2D eigenvalue weighted by Gasteiger charge is 2.03. The van der Waals surface area contributed by atoms with E-state index in [1.165, 1.54) is 23.7 Å². The monoisotopic (exact) mass is 323 g/mol. The fraction of sp³-hybridized carbons (Fsp3) is 0.105. The fourth-order valence-electron chi connectivity index (χ4n) is 2.52. The summed E-state index contributed by atoms with van der Waals surface area (Å²) in [5.74, 6) is -0.324. The van der Waals surface area contributed by atoms with Crippen LogP contribution in [0, 0.1) is 5.82 Å². The molecule has 0 fully saturated rings. The summed E-state index contributed by atoms with van der Waals surface area (Å²) >= 11 is 0. The number of benzene rings is 2. The molecule has 122 valence electrons. The third-order valence-electron chi connectivity index (χ3n) is 3.74. The lowest BCUT2D eigenvalue weighted by Gasteiger charge is -2.04. The van der Waals surface area contributed by atoms with Crippen LogP contribution in [-0.4, -0.2) is 17.6 Å². The molecule has 1 aromatic heterocycles. The minimum atomic E-state index is -0.324. The number of halogens is 1. The number of rotatable bonds is 5. The number of carbonyl (C=O) groups is 1. The van der Waals surface area contributed by atoms with E-state index >= 15 is 0 Å². The third-order valence-corrected chi connectivity index (χ3v) is 3.74. The zero-order valence-electron chi connectivity index (χ0n) is 13.1. The Kier molecular flexibility index (Phi) is 4.91. The SMILES string of the molecule is O=C(N/C=C/c1ccccc1F)NCCc1c[nH]c2ccccc12. The van der Waals surface area contributed by atoms with E-state index in [0.717, 1.165) is 17.5 Å². The van der Waals surface area contributed by atoms with Gasteiger partial charge < -0.3 is 15.6 Å². The molecule has 2 aromatic carbocycles. The van der Waals surface area contributed by atoms with Gasteiger partial charge in [0.05, 0.1) is 0 Å². The minimum absolute atomic E-state index is 0.317. The van der Waals surface area contributed by atoms with Gasteiger partial charge in [-0.05, 0) is 30.2 Å². The summed E-state index contributed by atoms with van der Waals surface area (Å²) in [5.41, 5.74) is 2.68. The first-order valence-electron chi connectivity index (χ1n) is 7.74. The number of aromatic nitrogens is 1. The lowest BCUT2D eigenvalue weighted by molar-refractivity contribution is 0.244. The van der Waals surface area contributed by atoms with E-state index in [1.54, 1.807) is 18.2 Å². The first-order valence-corrected chi connectivity index (χ1v) is 7.74. The lowest BCUT2D eigenvalue weighted by atomic mass is 10.1. The molecule has 0 spiro atoms. The molecular weight excluding hydrogens is 305 g/mol. The van der Waals surface area contributed by atoms with Crippen molar-refractivity contribution in [3.8, 4) is 0 Å². The number of hydrogen-bond donors (Lipinski definition) is 3. The molecule has 0 aliphatic rings. The molecule has 24 heavy (non-hydrogen) atoms. The number of hydrogen-bond acceptors (Lipinski definition) is 1. The Morgan fingerprint density at radius 1 is 1.12 bits per heavy atom. The number of carbonyl (C=O) groups excluding carboxylic acids is 1. The van der Waals surface area contributed by atoms with Crippen molar-refractivity contribution in [1.82, 2.24) is 15.6 Å². The maximum atomic E-state index is 13.4. The fourth-order valence-corrected chi connectivity index (χ4v) is 2.52. The predicted octanol–water partition coefficient (Wildman–Crippen LogP) is 3.82. The van der Waals surface area contributed by atoms with Crippen molar-refractivity contribution in [1.29, 1.82) is 0 Å². The standard InChI is InChI=1S/C19H18FN3O/c20-17-7-3-1-5-14(17)9-11-21-19(24)22-12-10-15-13-23-18-8-4-2-6-16(15)18/h1-9,11,13,23H,10,12H2,(H2,21,22,24)/b11-9+. The highest BCUT2D eigenvalue weighted by Crippen LogP contribution is 2.17. The second-order valence-corrected chi connectivity index (χ2v) is 5.36. The number of para-hydroxylation sites is 1. The highest BCUT2D eigenvalue weighted by atomic mass is 19.1. The minimum Gasteiger partial charge on any atom is -0.361 e. The van der Waals surface area contributed by atoms with E-state index < -0.39 is 0 Å². The van der Waals surface area contributed by atoms with Crippen molar-refractivity contribution in [2.75, 3.05) is 6.54 Å². The number of amides is 2. The predicted molar refractivity (Wildman–Crippen MR) is 94.0 cm³/mol. The number of fused-ring (bicyclic) bond motifs is 1. The van der Waals surface area contributed by atoms with Gasteiger partial charge in [-0.25, -0.2) is 9.18 Å². The van der Waals surface area contributed by atoms with Gasteiger partial charge in [-0.3, -0.25) is 0 Å². The van der Waals surface area contributed by atoms with Gasteiger partial charge in [0.2, 0.25) is 0 Å². The average Bonchev–Trinajstić information content (AvgIpc) is 3.00. The molecule has 0 aliphatic heterocycles. The Labute approximate surface area is 139 Å². The van der Waals surface area contributed by atoms with E-state index in [0.29, 0.717) is 12.1 Å². The molecule has 0 radical (unpaired) electrons. The van der Waals surface area contributed by atoms with Crippen molar-refractivity contribution in [2.24, 2.45) is 0 Å². The smallest absolute Gasteiger partial charge is 0.318 e. The molecule has 0 unspecified atom stereocenters. The Morgan fingerprint density at radius 2 is 1.92 bits per heavy atom. The van der Waals surface area contributed by atoms with Crippen molar-refractivity contribution in [3.05, 3.63) is 77.9 Å². The van der Waals surface area contributed by atoms with Crippen LogP contribution in [0.5, 0.6) is 0 Å². The molecular formula is C19H18FN3O. The van der Waals surface area contributed by atoms with Gasteiger partial charge in [0.1, 0.15) is 5.82 Å². The molecule has 0 saturated carbocycles. The molecule has 3 rings (SSSR count). The quantitative estimate of drug-likeness (QED) is 0.657. The van der Waals surface area contributed by atoms with Crippen LogP contribution in [0.3, 0.4) is 0 Å². The Hall–Kier alpha value is -3.08. The van der Waals surface area contributed by atoms with E-state index in [4.69, 9.17) is 0 Å². The van der Waals surface area contributed by atoms with Gasteiger partial charge in [-0.1, -0.05) is 36.4 Å². The van der Waals surface area contributed by atoms with Gasteiger partial charge in [0.15, 0.2) is 0 Å². The van der Waals surface area contributed by atoms with Crippen LogP contribution in [-0.2, 0) is 6.42 Å². The highest BCUT2D eigenvalue weighted by molar-refractivity contribution is 5.83. The largest absolute Gasteiger partial charge is 0.361 e. The van der Waals surface area contributed by atoms with E-state index in [9.17, 15) is 9.18 Å². The zero-order valence-corrected chi connectivity index (χ0v) is 13.1. The summed E-state index contributed by atoms with van der Waals surface area (Å²) in [5, 5.41) is 6.51. The van der Waals surface area contributed by atoms with Crippen molar-refractivity contribution >= 4 is 23.0 Å². The summed E-state index contributed by atoms with van der Waals surface area (Å²) in [4.78, 5) is 14.9. The molecule has 0 bridgehead atoms. The topological polar surface area (TPSA) is 56.9 Å². The molecule has 3 N–H and O–H groups in total. The Morgan fingerprint density at radius 3 is 2.79 bits per heavy atom. The van der Waals surface area contributed by atoms with Gasteiger partial charge in [-0.15, -0.1) is 0 Å². The summed E-state index contributed by atoms with van der Waals surface area (Å²) in [6, 6.07) is 14.1. The molecule has 4 nitrogen and oxygen atoms in total. The van der Waals surface area contributed by atoms with Crippen molar-refractivity contribution < 1.29 is 9.18 Å². The van der Waals surface area contributed by atoms with Crippen LogP contribution in [0.2, 0.25) is 0 Å². The van der Waals surface area contributed by atoms with E-state index in [2.05, 4.69) is 21.7 Å². The van der Waals surface area contributed by atoms with Crippen LogP contribution >= 0.6 is 0 Å². The number of urea groups is 1. The summed E-state index contributed by atoms with van der Waals surface area (Å²) < 4.78 is 13.4. The van der Waals surface area contributed by atoms with Crippen molar-refractivity contribution in [2.45, 2.75) is 6.42 Å². The maximum absolute atomic E-state index is 13.4. The second-order valence-electron chi connectivity index (χ2n) is 5.36. The van der Waals surface area contributed by atoms with Gasteiger partial charge in [0, 0.05) is 35.4 Å². The van der Waals surface area contributed by atoms with E-state index in [1.807, 2.05) is 24.4 Å².